The van der Waals surface area contributed by atoms with E-state index in [9.17, 15) is 5.11 Å². The second kappa shape index (κ2) is 6.33. The van der Waals surface area contributed by atoms with Crippen molar-refractivity contribution in [3.8, 4) is 5.75 Å². The fraction of sp³-hybridized carbons (Fsp3) is 0.500. The van der Waals surface area contributed by atoms with Crippen molar-refractivity contribution < 1.29 is 9.84 Å². The van der Waals surface area contributed by atoms with Crippen LogP contribution in [0.15, 0.2) is 18.2 Å². The third-order valence-corrected chi connectivity index (χ3v) is 2.85. The Hall–Kier alpha value is -0.290. The van der Waals surface area contributed by atoms with Crippen LogP contribution in [0.5, 0.6) is 5.75 Å². The Morgan fingerprint density at radius 1 is 1.40 bits per heavy atom. The predicted octanol–water partition coefficient (Wildman–Crippen LogP) is 3.52. The molecule has 1 aromatic rings. The molecule has 1 N–H and O–H groups in total. The molecule has 0 aliphatic rings. The molecular weight excluding hydrogens is 303 g/mol. The molecule has 2 nitrogen and oxygen atoms in total. The van der Waals surface area contributed by atoms with Crippen LogP contribution in [0.3, 0.4) is 0 Å². The van der Waals surface area contributed by atoms with Gasteiger partial charge in [-0.3, -0.25) is 0 Å². The first kappa shape index (κ1) is 12.8. The molecule has 0 spiro atoms. The number of aliphatic hydroxyl groups is 1. The summed E-state index contributed by atoms with van der Waals surface area (Å²) in [6, 6.07) is 5.92. The van der Waals surface area contributed by atoms with Gasteiger partial charge in [0.2, 0.25) is 0 Å². The molecule has 1 atom stereocenters. The first-order valence-electron chi connectivity index (χ1n) is 5.29. The van der Waals surface area contributed by atoms with Gasteiger partial charge in [-0.15, -0.1) is 0 Å². The summed E-state index contributed by atoms with van der Waals surface area (Å²) in [5, 5.41) is 9.85. The van der Waals surface area contributed by atoms with Crippen LogP contribution in [0, 0.1) is 3.57 Å². The summed E-state index contributed by atoms with van der Waals surface area (Å²) in [5.74, 6) is 0.812. The summed E-state index contributed by atoms with van der Waals surface area (Å²) in [6.45, 7) is 4.74. The number of ether oxygens (including phenoxy) is 1. The third kappa shape index (κ3) is 3.65. The highest BCUT2D eigenvalue weighted by molar-refractivity contribution is 14.1. The maximum Gasteiger partial charge on any atom is 0.125 e. The lowest BCUT2D eigenvalue weighted by Crippen LogP contribution is -2.03. The molecule has 0 fully saturated rings. The Labute approximate surface area is 105 Å². The molecule has 0 aliphatic heterocycles. The monoisotopic (exact) mass is 320 g/mol. The first-order chi connectivity index (χ1) is 7.19. The summed E-state index contributed by atoms with van der Waals surface area (Å²) in [7, 11) is 0. The van der Waals surface area contributed by atoms with Crippen molar-refractivity contribution in [3.63, 3.8) is 0 Å². The molecule has 15 heavy (non-hydrogen) atoms. The molecule has 0 aliphatic carbocycles. The maximum atomic E-state index is 9.85. The number of hydrogen-bond acceptors (Lipinski definition) is 2. The van der Waals surface area contributed by atoms with Crippen LogP contribution >= 0.6 is 22.6 Å². The SMILES string of the molecule is CCCOc1ccc(I)cc1C(O)CC. The fourth-order valence-electron chi connectivity index (χ4n) is 1.34. The van der Waals surface area contributed by atoms with Crippen LogP contribution < -0.4 is 4.74 Å². The second-order valence-corrected chi connectivity index (χ2v) is 4.70. The van der Waals surface area contributed by atoms with Crippen molar-refractivity contribution in [1.29, 1.82) is 0 Å². The highest BCUT2D eigenvalue weighted by atomic mass is 127. The van der Waals surface area contributed by atoms with Crippen LogP contribution in [-0.2, 0) is 0 Å². The Balaban J connectivity index is 2.92. The van der Waals surface area contributed by atoms with Crippen molar-refractivity contribution in [2.24, 2.45) is 0 Å². The van der Waals surface area contributed by atoms with Gasteiger partial charge in [-0.25, -0.2) is 0 Å². The molecule has 84 valence electrons. The molecule has 0 aromatic heterocycles. The van der Waals surface area contributed by atoms with E-state index in [4.69, 9.17) is 4.74 Å². The van der Waals surface area contributed by atoms with Crippen LogP contribution in [0.1, 0.15) is 38.4 Å². The topological polar surface area (TPSA) is 29.5 Å². The van der Waals surface area contributed by atoms with Crippen molar-refractivity contribution in [2.75, 3.05) is 6.61 Å². The normalized spacial score (nSPS) is 12.5. The highest BCUT2D eigenvalue weighted by Gasteiger charge is 2.11. The average Bonchev–Trinajstić information content (AvgIpc) is 2.26. The van der Waals surface area contributed by atoms with Gasteiger partial charge >= 0.3 is 0 Å². The van der Waals surface area contributed by atoms with Gasteiger partial charge in [-0.05, 0) is 53.6 Å². The molecule has 1 rings (SSSR count). The molecule has 0 saturated carbocycles. The summed E-state index contributed by atoms with van der Waals surface area (Å²) in [4.78, 5) is 0. The van der Waals surface area contributed by atoms with Gasteiger partial charge < -0.3 is 9.84 Å². The number of benzene rings is 1. The van der Waals surface area contributed by atoms with Gasteiger partial charge in [0.15, 0.2) is 0 Å². The molecule has 0 amide bonds. The van der Waals surface area contributed by atoms with Gasteiger partial charge in [0.05, 0.1) is 12.7 Å². The van der Waals surface area contributed by atoms with Gasteiger partial charge in [0.1, 0.15) is 5.75 Å². The molecule has 0 bridgehead atoms. The van der Waals surface area contributed by atoms with E-state index in [0.717, 1.165) is 21.3 Å². The quantitative estimate of drug-likeness (QED) is 0.841. The van der Waals surface area contributed by atoms with E-state index < -0.39 is 6.10 Å². The van der Waals surface area contributed by atoms with Crippen LogP contribution in [0.4, 0.5) is 0 Å². The van der Waals surface area contributed by atoms with Crippen LogP contribution in [0.2, 0.25) is 0 Å². The third-order valence-electron chi connectivity index (χ3n) is 2.18. The second-order valence-electron chi connectivity index (χ2n) is 3.45. The molecule has 1 aromatic carbocycles. The van der Waals surface area contributed by atoms with Gasteiger partial charge in [0.25, 0.3) is 0 Å². The van der Waals surface area contributed by atoms with E-state index in [1.807, 2.05) is 25.1 Å². The van der Waals surface area contributed by atoms with E-state index in [-0.39, 0.29) is 0 Å². The Morgan fingerprint density at radius 3 is 2.73 bits per heavy atom. The number of halogens is 1. The van der Waals surface area contributed by atoms with Gasteiger partial charge in [-0.2, -0.15) is 0 Å². The zero-order valence-corrected chi connectivity index (χ0v) is 11.3. The molecule has 0 saturated heterocycles. The highest BCUT2D eigenvalue weighted by Crippen LogP contribution is 2.29. The minimum absolute atomic E-state index is 0.424. The van der Waals surface area contributed by atoms with Crippen molar-refractivity contribution in [1.82, 2.24) is 0 Å². The molecule has 0 heterocycles. The van der Waals surface area contributed by atoms with E-state index in [0.29, 0.717) is 13.0 Å². The minimum Gasteiger partial charge on any atom is -0.493 e. The smallest absolute Gasteiger partial charge is 0.125 e. The Bertz CT molecular complexity index is 312. The van der Waals surface area contributed by atoms with Crippen molar-refractivity contribution in [3.05, 3.63) is 27.3 Å². The lowest BCUT2D eigenvalue weighted by atomic mass is 10.1. The molecular formula is C12H17IO2. The van der Waals surface area contributed by atoms with Crippen molar-refractivity contribution >= 4 is 22.6 Å². The number of hydrogen-bond donors (Lipinski definition) is 1. The number of aliphatic hydroxyl groups excluding tert-OH is 1. The van der Waals surface area contributed by atoms with E-state index in [1.165, 1.54) is 0 Å². The lowest BCUT2D eigenvalue weighted by Gasteiger charge is -2.15. The number of rotatable bonds is 5. The summed E-state index contributed by atoms with van der Waals surface area (Å²) in [6.07, 6.45) is 1.27. The Morgan fingerprint density at radius 2 is 2.13 bits per heavy atom. The first-order valence-corrected chi connectivity index (χ1v) is 6.37. The van der Waals surface area contributed by atoms with E-state index >= 15 is 0 Å². The fourth-order valence-corrected chi connectivity index (χ4v) is 1.86. The lowest BCUT2D eigenvalue weighted by molar-refractivity contribution is 0.167. The molecule has 0 radical (unpaired) electrons. The molecule has 1 unspecified atom stereocenters. The minimum atomic E-state index is -0.424. The maximum absolute atomic E-state index is 9.85. The molecule has 3 heteroatoms. The summed E-state index contributed by atoms with van der Waals surface area (Å²) < 4.78 is 6.72. The van der Waals surface area contributed by atoms with Crippen molar-refractivity contribution in [2.45, 2.75) is 32.8 Å². The standard InChI is InChI=1S/C12H17IO2/c1-3-7-15-12-6-5-9(13)8-10(12)11(14)4-2/h5-6,8,11,14H,3-4,7H2,1-2H3. The largest absolute Gasteiger partial charge is 0.493 e. The van der Waals surface area contributed by atoms with Gasteiger partial charge in [-0.1, -0.05) is 13.8 Å². The zero-order chi connectivity index (χ0) is 11.3. The predicted molar refractivity (Wildman–Crippen MR) is 70.2 cm³/mol. The van der Waals surface area contributed by atoms with Gasteiger partial charge in [0, 0.05) is 9.13 Å². The zero-order valence-electron chi connectivity index (χ0n) is 9.16. The van der Waals surface area contributed by atoms with Crippen LogP contribution in [0.25, 0.3) is 0 Å². The summed E-state index contributed by atoms with van der Waals surface area (Å²) in [5.41, 5.74) is 0.901. The van der Waals surface area contributed by atoms with Crippen LogP contribution in [-0.4, -0.2) is 11.7 Å². The Kier molecular flexibility index (Phi) is 5.39. The summed E-state index contributed by atoms with van der Waals surface area (Å²) >= 11 is 2.24. The van der Waals surface area contributed by atoms with E-state index in [1.54, 1.807) is 0 Å². The average molecular weight is 320 g/mol. The van der Waals surface area contributed by atoms with E-state index in [2.05, 4.69) is 29.5 Å².